The van der Waals surface area contributed by atoms with Gasteiger partial charge >= 0.3 is 5.97 Å². The van der Waals surface area contributed by atoms with E-state index in [1.807, 2.05) is 37.3 Å². The molecule has 1 unspecified atom stereocenters. The third kappa shape index (κ3) is 4.79. The minimum Gasteiger partial charge on any atom is -0.465 e. The number of rotatable bonds is 6. The minimum atomic E-state index is -0.745. The van der Waals surface area contributed by atoms with Crippen molar-refractivity contribution in [1.29, 1.82) is 0 Å². The van der Waals surface area contributed by atoms with E-state index in [2.05, 4.69) is 19.8 Å². The normalized spacial score (nSPS) is 15.1. The van der Waals surface area contributed by atoms with E-state index in [1.165, 1.54) is 19.2 Å². The molecule has 176 valence electrons. The van der Waals surface area contributed by atoms with Crippen molar-refractivity contribution in [3.63, 3.8) is 0 Å². The summed E-state index contributed by atoms with van der Waals surface area (Å²) in [6.45, 7) is 3.87. The number of nitrogens with zero attached hydrogens (tertiary/aromatic N) is 5. The van der Waals surface area contributed by atoms with E-state index in [0.29, 0.717) is 37.9 Å². The van der Waals surface area contributed by atoms with E-state index in [4.69, 9.17) is 4.52 Å². The van der Waals surface area contributed by atoms with E-state index in [9.17, 15) is 19.7 Å². The first-order valence-corrected chi connectivity index (χ1v) is 10.7. The highest BCUT2D eigenvalue weighted by Crippen LogP contribution is 2.25. The quantitative estimate of drug-likeness (QED) is 0.306. The van der Waals surface area contributed by atoms with Crippen LogP contribution in [0.4, 0.5) is 5.69 Å². The Morgan fingerprint density at radius 2 is 1.76 bits per heavy atom. The van der Waals surface area contributed by atoms with E-state index >= 15 is 0 Å². The Morgan fingerprint density at radius 3 is 2.41 bits per heavy atom. The molecule has 0 spiro atoms. The molecule has 2 aromatic carbocycles. The molecular weight excluding hydrogens is 442 g/mol. The van der Waals surface area contributed by atoms with Gasteiger partial charge in [-0.2, -0.15) is 4.98 Å². The average molecular weight is 465 g/mol. The number of amides is 1. The average Bonchev–Trinajstić information content (AvgIpc) is 3.38. The van der Waals surface area contributed by atoms with Crippen molar-refractivity contribution >= 4 is 17.6 Å². The van der Waals surface area contributed by atoms with E-state index in [1.54, 1.807) is 4.90 Å². The number of benzene rings is 2. The number of ether oxygens (including phenoxy) is 1. The zero-order valence-corrected chi connectivity index (χ0v) is 18.7. The van der Waals surface area contributed by atoms with Gasteiger partial charge in [-0.15, -0.1) is 0 Å². The van der Waals surface area contributed by atoms with Gasteiger partial charge < -0.3 is 14.2 Å². The molecule has 3 aromatic rings. The van der Waals surface area contributed by atoms with Crippen molar-refractivity contribution in [2.75, 3.05) is 33.3 Å². The van der Waals surface area contributed by atoms with Crippen LogP contribution in [-0.2, 0) is 4.74 Å². The summed E-state index contributed by atoms with van der Waals surface area (Å²) in [5.41, 5.74) is 0.547. The lowest BCUT2D eigenvalue weighted by molar-refractivity contribution is -0.384. The third-order valence-electron chi connectivity index (χ3n) is 5.78. The molecule has 0 N–H and O–H groups in total. The number of piperazine rings is 1. The highest BCUT2D eigenvalue weighted by atomic mass is 16.6. The van der Waals surface area contributed by atoms with Gasteiger partial charge in [0.05, 0.1) is 23.6 Å². The highest BCUT2D eigenvalue weighted by molar-refractivity contribution is 5.99. The van der Waals surface area contributed by atoms with Crippen LogP contribution < -0.4 is 0 Å². The fourth-order valence-electron chi connectivity index (χ4n) is 3.84. The van der Waals surface area contributed by atoms with Gasteiger partial charge in [0.25, 0.3) is 11.6 Å². The molecule has 1 atom stereocenters. The van der Waals surface area contributed by atoms with Gasteiger partial charge in [0.1, 0.15) is 0 Å². The Bertz CT molecular complexity index is 1200. The molecule has 1 aromatic heterocycles. The van der Waals surface area contributed by atoms with Crippen LogP contribution in [0.2, 0.25) is 0 Å². The molecule has 11 heteroatoms. The second kappa shape index (κ2) is 9.79. The number of nitro benzene ring substituents is 1. The summed E-state index contributed by atoms with van der Waals surface area (Å²) in [5.74, 6) is -0.125. The topological polar surface area (TPSA) is 132 Å². The Balaban J connectivity index is 1.43. The lowest BCUT2D eigenvalue weighted by Crippen LogP contribution is -2.49. The molecule has 0 radical (unpaired) electrons. The number of methoxy groups -OCH3 is 1. The monoisotopic (exact) mass is 465 g/mol. The van der Waals surface area contributed by atoms with Crippen molar-refractivity contribution in [3.8, 4) is 11.4 Å². The summed E-state index contributed by atoms with van der Waals surface area (Å²) in [7, 11) is 1.18. The molecule has 0 saturated carbocycles. The summed E-state index contributed by atoms with van der Waals surface area (Å²) in [6.07, 6.45) is 0. The van der Waals surface area contributed by atoms with Crippen molar-refractivity contribution in [3.05, 3.63) is 75.7 Å². The van der Waals surface area contributed by atoms with Crippen LogP contribution in [0.1, 0.15) is 39.6 Å². The maximum atomic E-state index is 13.0. The predicted molar refractivity (Wildman–Crippen MR) is 120 cm³/mol. The number of esters is 1. The molecule has 2 heterocycles. The van der Waals surface area contributed by atoms with Crippen LogP contribution in [0.3, 0.4) is 0 Å². The Hall–Kier alpha value is -4.12. The molecule has 1 saturated heterocycles. The largest absolute Gasteiger partial charge is 0.465 e. The number of carbonyl (C=O) groups excluding carboxylic acids is 2. The summed E-state index contributed by atoms with van der Waals surface area (Å²) in [4.78, 5) is 43.8. The van der Waals surface area contributed by atoms with Gasteiger partial charge in [0.2, 0.25) is 11.7 Å². The van der Waals surface area contributed by atoms with Crippen molar-refractivity contribution < 1.29 is 23.8 Å². The fourth-order valence-corrected chi connectivity index (χ4v) is 3.84. The first kappa shape index (κ1) is 23.1. The Morgan fingerprint density at radius 1 is 1.09 bits per heavy atom. The zero-order valence-electron chi connectivity index (χ0n) is 18.7. The van der Waals surface area contributed by atoms with E-state index < -0.39 is 10.9 Å². The van der Waals surface area contributed by atoms with E-state index in [-0.39, 0.29) is 28.8 Å². The maximum Gasteiger partial charge on any atom is 0.338 e. The highest BCUT2D eigenvalue weighted by Gasteiger charge is 2.29. The molecule has 1 fully saturated rings. The predicted octanol–water partition coefficient (Wildman–Crippen LogP) is 2.95. The van der Waals surface area contributed by atoms with Crippen LogP contribution in [0.5, 0.6) is 0 Å². The molecular formula is C23H23N5O6. The Kier molecular flexibility index (Phi) is 6.64. The number of aromatic nitrogens is 2. The summed E-state index contributed by atoms with van der Waals surface area (Å²) >= 11 is 0. The number of carbonyl (C=O) groups is 2. The van der Waals surface area contributed by atoms with Gasteiger partial charge in [-0.3, -0.25) is 19.8 Å². The summed E-state index contributed by atoms with van der Waals surface area (Å²) in [6, 6.07) is 13.0. The van der Waals surface area contributed by atoms with Gasteiger partial charge in [0.15, 0.2) is 0 Å². The third-order valence-corrected chi connectivity index (χ3v) is 5.78. The molecule has 11 nitrogen and oxygen atoms in total. The zero-order chi connectivity index (χ0) is 24.2. The smallest absolute Gasteiger partial charge is 0.338 e. The standard InChI is InChI=1S/C23H23N5O6/c1-15(21-24-20(25-34-21)16-6-4-3-5-7-16)26-8-10-27(11-9-26)22(29)17-12-18(23(30)33-2)14-19(13-17)28(31)32/h3-7,12-15H,8-11H2,1-2H3. The molecule has 1 aliphatic rings. The van der Waals surface area contributed by atoms with Crippen LogP contribution in [0.15, 0.2) is 53.1 Å². The van der Waals surface area contributed by atoms with Gasteiger partial charge in [0, 0.05) is 49.4 Å². The fraction of sp³-hybridized carbons (Fsp3) is 0.304. The van der Waals surface area contributed by atoms with Crippen molar-refractivity contribution in [2.24, 2.45) is 0 Å². The lowest BCUT2D eigenvalue weighted by atomic mass is 10.1. The summed E-state index contributed by atoms with van der Waals surface area (Å²) < 4.78 is 10.1. The van der Waals surface area contributed by atoms with Gasteiger partial charge in [-0.05, 0) is 13.0 Å². The van der Waals surface area contributed by atoms with Crippen LogP contribution in [0, 0.1) is 10.1 Å². The van der Waals surface area contributed by atoms with Crippen molar-refractivity contribution in [2.45, 2.75) is 13.0 Å². The molecule has 1 aliphatic heterocycles. The molecule has 34 heavy (non-hydrogen) atoms. The Labute approximate surface area is 195 Å². The second-order valence-electron chi connectivity index (χ2n) is 7.84. The summed E-state index contributed by atoms with van der Waals surface area (Å²) in [5, 5.41) is 15.3. The SMILES string of the molecule is COC(=O)c1cc(C(=O)N2CCN(C(C)c3nc(-c4ccccc4)no3)CC2)cc([N+](=O)[O-])c1. The van der Waals surface area contributed by atoms with Crippen LogP contribution in [-0.4, -0.2) is 70.0 Å². The molecule has 0 bridgehead atoms. The molecule has 4 rings (SSSR count). The van der Waals surface area contributed by atoms with Crippen LogP contribution >= 0.6 is 0 Å². The molecule has 0 aliphatic carbocycles. The second-order valence-corrected chi connectivity index (χ2v) is 7.84. The number of hydrogen-bond acceptors (Lipinski definition) is 9. The number of hydrogen-bond donors (Lipinski definition) is 0. The first-order valence-electron chi connectivity index (χ1n) is 10.7. The number of nitro groups is 1. The van der Waals surface area contributed by atoms with E-state index in [0.717, 1.165) is 11.6 Å². The lowest BCUT2D eigenvalue weighted by Gasteiger charge is -2.36. The maximum absolute atomic E-state index is 13.0. The first-order chi connectivity index (χ1) is 16.4. The molecule has 1 amide bonds. The minimum absolute atomic E-state index is 0.0436. The number of non-ortho nitro benzene ring substituents is 1. The van der Waals surface area contributed by atoms with Crippen molar-refractivity contribution in [1.82, 2.24) is 19.9 Å². The van der Waals surface area contributed by atoms with Gasteiger partial charge in [-0.1, -0.05) is 35.5 Å². The van der Waals surface area contributed by atoms with Crippen LogP contribution in [0.25, 0.3) is 11.4 Å². The van der Waals surface area contributed by atoms with Gasteiger partial charge in [-0.25, -0.2) is 4.79 Å².